The molecule has 0 saturated heterocycles. The first kappa shape index (κ1) is 22.9. The van der Waals surface area contributed by atoms with Gasteiger partial charge in [-0.25, -0.2) is 4.79 Å². The maximum absolute atomic E-state index is 11.8. The van der Waals surface area contributed by atoms with Gasteiger partial charge in [0, 0.05) is 18.2 Å². The van der Waals surface area contributed by atoms with Crippen molar-refractivity contribution in [2.45, 2.75) is 39.2 Å². The predicted molar refractivity (Wildman–Crippen MR) is 123 cm³/mol. The molecule has 1 atom stereocenters. The van der Waals surface area contributed by atoms with Gasteiger partial charge in [-0.2, -0.15) is 0 Å². The van der Waals surface area contributed by atoms with E-state index in [2.05, 4.69) is 26.1 Å². The quantitative estimate of drug-likeness (QED) is 0.482. The zero-order chi connectivity index (χ0) is 23.3. The Bertz CT molecular complexity index is 1070. The number of benzene rings is 3. The standard InChI is InChI=1S/C26H27NO5/c1-17(28)27-20-9-15-22(16-10-20)31-21-11-5-18(6-12-21)24(25(29)30)32-23-13-7-19(8-14-23)26(2,3)4/h5-16,24H,1-4H3,(H,27,28)(H,29,30). The molecular weight excluding hydrogens is 406 g/mol. The molecule has 1 unspecified atom stereocenters. The van der Waals surface area contributed by atoms with Crippen molar-refractivity contribution in [3.8, 4) is 17.2 Å². The molecule has 6 heteroatoms. The van der Waals surface area contributed by atoms with E-state index in [1.807, 2.05) is 12.1 Å². The Balaban J connectivity index is 1.69. The summed E-state index contributed by atoms with van der Waals surface area (Å²) in [7, 11) is 0. The van der Waals surface area contributed by atoms with Crippen LogP contribution in [0, 0.1) is 0 Å². The lowest BCUT2D eigenvalue weighted by Gasteiger charge is -2.20. The van der Waals surface area contributed by atoms with Crippen LogP contribution in [0.2, 0.25) is 0 Å². The Kier molecular flexibility index (Phi) is 6.83. The minimum atomic E-state index is -1.14. The van der Waals surface area contributed by atoms with Gasteiger partial charge in [0.05, 0.1) is 0 Å². The number of anilines is 1. The molecule has 2 N–H and O–H groups in total. The van der Waals surface area contributed by atoms with Gasteiger partial charge in [-0.15, -0.1) is 0 Å². The lowest BCUT2D eigenvalue weighted by atomic mass is 9.87. The molecule has 0 aromatic heterocycles. The maximum atomic E-state index is 11.8. The van der Waals surface area contributed by atoms with Gasteiger partial charge in [0.1, 0.15) is 17.2 Å². The molecule has 0 aliphatic rings. The molecule has 0 fully saturated rings. The van der Waals surface area contributed by atoms with Crippen LogP contribution >= 0.6 is 0 Å². The third-order valence-electron chi connectivity index (χ3n) is 4.79. The molecule has 0 bridgehead atoms. The molecule has 0 spiro atoms. The van der Waals surface area contributed by atoms with Gasteiger partial charge in [0.25, 0.3) is 0 Å². The van der Waals surface area contributed by atoms with Crippen molar-refractivity contribution in [3.05, 3.63) is 83.9 Å². The summed E-state index contributed by atoms with van der Waals surface area (Å²) in [6.07, 6.45) is -1.14. The molecule has 3 aromatic carbocycles. The minimum absolute atomic E-state index is 0.00478. The molecule has 32 heavy (non-hydrogen) atoms. The number of amides is 1. The highest BCUT2D eigenvalue weighted by molar-refractivity contribution is 5.88. The fraction of sp³-hybridized carbons (Fsp3) is 0.231. The van der Waals surface area contributed by atoms with Crippen LogP contribution in [-0.2, 0) is 15.0 Å². The van der Waals surface area contributed by atoms with E-state index in [9.17, 15) is 14.7 Å². The van der Waals surface area contributed by atoms with E-state index in [0.717, 1.165) is 5.56 Å². The van der Waals surface area contributed by atoms with Crippen molar-refractivity contribution in [1.29, 1.82) is 0 Å². The van der Waals surface area contributed by atoms with Gasteiger partial charge in [-0.05, 0) is 59.5 Å². The second kappa shape index (κ2) is 9.56. The first-order valence-electron chi connectivity index (χ1n) is 10.3. The number of carboxylic acid groups (broad SMARTS) is 1. The molecule has 6 nitrogen and oxygen atoms in total. The van der Waals surface area contributed by atoms with Gasteiger partial charge in [-0.3, -0.25) is 4.79 Å². The number of rotatable bonds is 7. The summed E-state index contributed by atoms with van der Waals surface area (Å²) in [6.45, 7) is 7.79. The Morgan fingerprint density at radius 1 is 0.812 bits per heavy atom. The molecular formula is C26H27NO5. The summed E-state index contributed by atoms with van der Waals surface area (Å²) in [6, 6.07) is 21.2. The Morgan fingerprint density at radius 2 is 1.31 bits per heavy atom. The normalized spacial score (nSPS) is 12.0. The smallest absolute Gasteiger partial charge is 0.349 e. The fourth-order valence-corrected chi connectivity index (χ4v) is 3.09. The first-order chi connectivity index (χ1) is 15.1. The van der Waals surface area contributed by atoms with Crippen LogP contribution in [0.3, 0.4) is 0 Å². The number of aliphatic carboxylic acids is 1. The van der Waals surface area contributed by atoms with Crippen LogP contribution in [0.1, 0.15) is 44.9 Å². The average Bonchev–Trinajstić information content (AvgIpc) is 2.73. The number of ether oxygens (including phenoxy) is 2. The molecule has 1 amide bonds. The van der Waals surface area contributed by atoms with Crippen molar-refractivity contribution in [3.63, 3.8) is 0 Å². The average molecular weight is 434 g/mol. The molecule has 0 saturated carbocycles. The molecule has 0 radical (unpaired) electrons. The molecule has 166 valence electrons. The topological polar surface area (TPSA) is 84.9 Å². The number of carboxylic acids is 1. The third kappa shape index (κ3) is 6.11. The van der Waals surface area contributed by atoms with E-state index in [-0.39, 0.29) is 11.3 Å². The van der Waals surface area contributed by atoms with E-state index in [1.54, 1.807) is 60.7 Å². The van der Waals surface area contributed by atoms with Crippen molar-refractivity contribution in [1.82, 2.24) is 0 Å². The van der Waals surface area contributed by atoms with E-state index < -0.39 is 12.1 Å². The van der Waals surface area contributed by atoms with Crippen LogP contribution < -0.4 is 14.8 Å². The molecule has 3 rings (SSSR count). The fourth-order valence-electron chi connectivity index (χ4n) is 3.09. The maximum Gasteiger partial charge on any atom is 0.349 e. The van der Waals surface area contributed by atoms with Crippen LogP contribution in [0.15, 0.2) is 72.8 Å². The van der Waals surface area contributed by atoms with Crippen molar-refractivity contribution in [2.24, 2.45) is 0 Å². The Labute approximate surface area is 187 Å². The van der Waals surface area contributed by atoms with E-state index in [4.69, 9.17) is 9.47 Å². The zero-order valence-corrected chi connectivity index (χ0v) is 18.6. The number of hydrogen-bond donors (Lipinski definition) is 2. The molecule has 0 heterocycles. The SMILES string of the molecule is CC(=O)Nc1ccc(Oc2ccc(C(Oc3ccc(C(C)(C)C)cc3)C(=O)O)cc2)cc1. The number of carbonyl (C=O) groups excluding carboxylic acids is 1. The number of carbonyl (C=O) groups is 2. The Hall–Kier alpha value is -3.80. The summed E-state index contributed by atoms with van der Waals surface area (Å²) in [5, 5.41) is 12.4. The largest absolute Gasteiger partial charge is 0.478 e. The van der Waals surface area contributed by atoms with Crippen molar-refractivity contribution < 1.29 is 24.2 Å². The molecule has 0 aliphatic heterocycles. The first-order valence-corrected chi connectivity index (χ1v) is 10.3. The van der Waals surface area contributed by atoms with Crippen LogP contribution in [0.25, 0.3) is 0 Å². The number of nitrogens with one attached hydrogen (secondary N) is 1. The molecule has 3 aromatic rings. The second-order valence-corrected chi connectivity index (χ2v) is 8.49. The monoisotopic (exact) mass is 433 g/mol. The number of hydrogen-bond acceptors (Lipinski definition) is 4. The van der Waals surface area contributed by atoms with Crippen LogP contribution in [-0.4, -0.2) is 17.0 Å². The third-order valence-corrected chi connectivity index (χ3v) is 4.79. The van der Waals surface area contributed by atoms with Crippen LogP contribution in [0.4, 0.5) is 5.69 Å². The van der Waals surface area contributed by atoms with E-state index >= 15 is 0 Å². The minimum Gasteiger partial charge on any atom is -0.478 e. The second-order valence-electron chi connectivity index (χ2n) is 8.49. The van der Waals surface area contributed by atoms with Gasteiger partial charge in [0.15, 0.2) is 0 Å². The van der Waals surface area contributed by atoms with Gasteiger partial charge in [0.2, 0.25) is 12.0 Å². The van der Waals surface area contributed by atoms with Gasteiger partial charge < -0.3 is 19.9 Å². The van der Waals surface area contributed by atoms with Crippen molar-refractivity contribution in [2.75, 3.05) is 5.32 Å². The van der Waals surface area contributed by atoms with Gasteiger partial charge in [-0.1, -0.05) is 45.0 Å². The van der Waals surface area contributed by atoms with Crippen LogP contribution in [0.5, 0.6) is 17.2 Å². The van der Waals surface area contributed by atoms with E-state index in [0.29, 0.717) is 28.5 Å². The lowest BCUT2D eigenvalue weighted by Crippen LogP contribution is -2.18. The Morgan fingerprint density at radius 3 is 1.78 bits per heavy atom. The predicted octanol–water partition coefficient (Wildman–Crippen LogP) is 5.94. The highest BCUT2D eigenvalue weighted by Crippen LogP contribution is 2.29. The molecule has 0 aliphatic carbocycles. The summed E-state index contributed by atoms with van der Waals surface area (Å²) < 4.78 is 11.6. The lowest BCUT2D eigenvalue weighted by molar-refractivity contribution is -0.145. The summed E-state index contributed by atoms with van der Waals surface area (Å²) in [5.74, 6) is 0.420. The zero-order valence-electron chi connectivity index (χ0n) is 18.6. The summed E-state index contributed by atoms with van der Waals surface area (Å²) in [4.78, 5) is 22.9. The summed E-state index contributed by atoms with van der Waals surface area (Å²) >= 11 is 0. The van der Waals surface area contributed by atoms with Crippen molar-refractivity contribution >= 4 is 17.6 Å². The highest BCUT2D eigenvalue weighted by atomic mass is 16.5. The van der Waals surface area contributed by atoms with E-state index in [1.165, 1.54) is 6.92 Å². The highest BCUT2D eigenvalue weighted by Gasteiger charge is 2.22. The summed E-state index contributed by atoms with van der Waals surface area (Å²) in [5.41, 5.74) is 2.33. The van der Waals surface area contributed by atoms with Gasteiger partial charge >= 0.3 is 5.97 Å².